The van der Waals surface area contributed by atoms with Gasteiger partial charge in [-0.3, -0.25) is 0 Å². The molecule has 0 aliphatic heterocycles. The van der Waals surface area contributed by atoms with Crippen LogP contribution in [0.25, 0.3) is 0 Å². The largest absolute Gasteiger partial charge is 0.243 e. The molecule has 0 bridgehead atoms. The highest BCUT2D eigenvalue weighted by Crippen LogP contribution is 2.27. The van der Waals surface area contributed by atoms with E-state index in [1.54, 1.807) is 0 Å². The zero-order valence-corrected chi connectivity index (χ0v) is 18.3. The van der Waals surface area contributed by atoms with Gasteiger partial charge >= 0.3 is 0 Å². The Hall–Kier alpha value is -0.790. The van der Waals surface area contributed by atoms with E-state index in [9.17, 15) is 0 Å². The molecule has 2 heteroatoms. The predicted molar refractivity (Wildman–Crippen MR) is 117 cm³/mol. The summed E-state index contributed by atoms with van der Waals surface area (Å²) in [5.41, 5.74) is 0. The van der Waals surface area contributed by atoms with Gasteiger partial charge in [0.25, 0.3) is 0 Å². The Labute approximate surface area is 169 Å². The van der Waals surface area contributed by atoms with Crippen molar-refractivity contribution in [2.75, 3.05) is 0 Å². The first-order valence-electron chi connectivity index (χ1n) is 12.5. The molecule has 1 aromatic heterocycles. The average molecular weight is 376 g/mol. The van der Waals surface area contributed by atoms with Gasteiger partial charge in [0.2, 0.25) is 6.33 Å². The lowest BCUT2D eigenvalue weighted by atomic mass is 9.95. The SMILES string of the molecule is CCCCCCCCCCCCCCCC[n+]1ccn(C2CCCCC2)c1. The van der Waals surface area contributed by atoms with Crippen LogP contribution in [0.1, 0.15) is 135 Å². The van der Waals surface area contributed by atoms with Gasteiger partial charge < -0.3 is 0 Å². The van der Waals surface area contributed by atoms with Crippen LogP contribution in [-0.2, 0) is 6.54 Å². The summed E-state index contributed by atoms with van der Waals surface area (Å²) in [5, 5.41) is 0. The number of nitrogens with zero attached hydrogens (tertiary/aromatic N) is 2. The Morgan fingerprint density at radius 3 is 1.78 bits per heavy atom. The summed E-state index contributed by atoms with van der Waals surface area (Å²) in [5.74, 6) is 0. The monoisotopic (exact) mass is 375 g/mol. The van der Waals surface area contributed by atoms with E-state index in [0.717, 1.165) is 6.04 Å². The summed E-state index contributed by atoms with van der Waals surface area (Å²) in [6.07, 6.45) is 34.2. The van der Waals surface area contributed by atoms with E-state index < -0.39 is 0 Å². The third-order valence-electron chi connectivity index (χ3n) is 6.48. The number of rotatable bonds is 16. The van der Waals surface area contributed by atoms with Crippen molar-refractivity contribution in [3.63, 3.8) is 0 Å². The van der Waals surface area contributed by atoms with E-state index in [0.29, 0.717) is 0 Å². The van der Waals surface area contributed by atoms with Gasteiger partial charge in [-0.15, -0.1) is 0 Å². The quantitative estimate of drug-likeness (QED) is 0.206. The Morgan fingerprint density at radius 2 is 1.22 bits per heavy atom. The number of imidazole rings is 1. The van der Waals surface area contributed by atoms with Gasteiger partial charge in [-0.25, -0.2) is 9.13 Å². The number of unbranched alkanes of at least 4 members (excludes halogenated alkanes) is 13. The fourth-order valence-corrected chi connectivity index (χ4v) is 4.63. The summed E-state index contributed by atoms with van der Waals surface area (Å²) in [6.45, 7) is 3.51. The zero-order valence-electron chi connectivity index (χ0n) is 18.3. The molecule has 0 radical (unpaired) electrons. The molecule has 1 fully saturated rings. The first-order chi connectivity index (χ1) is 13.4. The minimum Gasteiger partial charge on any atom is -0.237 e. The summed E-state index contributed by atoms with van der Waals surface area (Å²) >= 11 is 0. The molecule has 0 atom stereocenters. The number of aryl methyl sites for hydroxylation is 1. The summed E-state index contributed by atoms with van der Waals surface area (Å²) in [6, 6.07) is 0.774. The van der Waals surface area contributed by atoms with E-state index >= 15 is 0 Å². The Balaban J connectivity index is 1.36. The Kier molecular flexibility index (Phi) is 12.6. The van der Waals surface area contributed by atoms with Gasteiger partial charge in [0.15, 0.2) is 0 Å². The molecule has 2 rings (SSSR count). The molecule has 0 aromatic carbocycles. The second-order valence-electron chi connectivity index (χ2n) is 8.99. The molecule has 1 aliphatic carbocycles. The minimum absolute atomic E-state index is 0.774. The Bertz CT molecular complexity index is 445. The highest BCUT2D eigenvalue weighted by Gasteiger charge is 2.19. The van der Waals surface area contributed by atoms with Crippen molar-refractivity contribution in [2.45, 2.75) is 142 Å². The normalized spacial score (nSPS) is 15.4. The Morgan fingerprint density at radius 1 is 0.704 bits per heavy atom. The standard InChI is InChI=1S/C25H47N2/c1-2-3-4-5-6-7-8-9-10-11-12-13-14-18-21-26-22-23-27(24-26)25-19-16-15-17-20-25/h22-25H,2-21H2,1H3/q+1. The van der Waals surface area contributed by atoms with Crippen molar-refractivity contribution in [2.24, 2.45) is 0 Å². The van der Waals surface area contributed by atoms with E-state index in [4.69, 9.17) is 0 Å². The van der Waals surface area contributed by atoms with E-state index in [1.165, 1.54) is 129 Å². The molecule has 0 N–H and O–H groups in total. The van der Waals surface area contributed by atoms with Crippen molar-refractivity contribution in [3.8, 4) is 0 Å². The number of aromatic nitrogens is 2. The van der Waals surface area contributed by atoms with Crippen molar-refractivity contribution in [3.05, 3.63) is 18.7 Å². The van der Waals surface area contributed by atoms with E-state index in [-0.39, 0.29) is 0 Å². The van der Waals surface area contributed by atoms with Gasteiger partial charge in [-0.2, -0.15) is 0 Å². The van der Waals surface area contributed by atoms with E-state index in [1.807, 2.05) is 0 Å². The third kappa shape index (κ3) is 10.4. The molecular weight excluding hydrogens is 328 g/mol. The molecule has 156 valence electrons. The van der Waals surface area contributed by atoms with Crippen LogP contribution >= 0.6 is 0 Å². The second-order valence-corrected chi connectivity index (χ2v) is 8.99. The lowest BCUT2D eigenvalue weighted by Gasteiger charge is -2.18. The van der Waals surface area contributed by atoms with Crippen LogP contribution in [-0.4, -0.2) is 4.57 Å². The summed E-state index contributed by atoms with van der Waals surface area (Å²) < 4.78 is 4.89. The lowest BCUT2D eigenvalue weighted by molar-refractivity contribution is -0.697. The van der Waals surface area contributed by atoms with Gasteiger partial charge in [0, 0.05) is 0 Å². The summed E-state index contributed by atoms with van der Waals surface area (Å²) in [7, 11) is 0. The van der Waals surface area contributed by atoms with E-state index in [2.05, 4.69) is 34.8 Å². The van der Waals surface area contributed by atoms with Crippen LogP contribution in [0, 0.1) is 0 Å². The molecule has 1 aliphatic rings. The van der Waals surface area contributed by atoms with Crippen LogP contribution in [0.5, 0.6) is 0 Å². The highest BCUT2D eigenvalue weighted by atomic mass is 15.1. The maximum absolute atomic E-state index is 2.48. The molecule has 2 nitrogen and oxygen atoms in total. The third-order valence-corrected chi connectivity index (χ3v) is 6.48. The molecule has 0 unspecified atom stereocenters. The van der Waals surface area contributed by atoms with Crippen LogP contribution in [0.15, 0.2) is 18.7 Å². The molecule has 0 amide bonds. The van der Waals surface area contributed by atoms with Crippen molar-refractivity contribution < 1.29 is 4.57 Å². The first-order valence-corrected chi connectivity index (χ1v) is 12.5. The number of hydrogen-bond donors (Lipinski definition) is 0. The maximum Gasteiger partial charge on any atom is 0.243 e. The lowest BCUT2D eigenvalue weighted by Crippen LogP contribution is -2.31. The molecule has 0 spiro atoms. The van der Waals surface area contributed by atoms with Gasteiger partial charge in [0.1, 0.15) is 18.4 Å². The second kappa shape index (κ2) is 15.2. The van der Waals surface area contributed by atoms with Gasteiger partial charge in [0.05, 0.1) is 6.54 Å². The van der Waals surface area contributed by atoms with Gasteiger partial charge in [-0.05, 0) is 38.5 Å². The molecular formula is C25H47N2+. The fraction of sp³-hybridized carbons (Fsp3) is 0.880. The molecule has 0 saturated heterocycles. The highest BCUT2D eigenvalue weighted by molar-refractivity contribution is 4.77. The minimum atomic E-state index is 0.774. The number of hydrogen-bond acceptors (Lipinski definition) is 0. The first kappa shape index (κ1) is 22.5. The molecule has 1 saturated carbocycles. The average Bonchev–Trinajstić information content (AvgIpc) is 3.18. The smallest absolute Gasteiger partial charge is 0.237 e. The van der Waals surface area contributed by atoms with Crippen molar-refractivity contribution in [1.29, 1.82) is 0 Å². The predicted octanol–water partition coefficient (Wildman–Crippen LogP) is 7.76. The van der Waals surface area contributed by atoms with Gasteiger partial charge in [-0.1, -0.05) is 90.4 Å². The molecule has 1 aromatic rings. The zero-order chi connectivity index (χ0) is 19.0. The molecule has 1 heterocycles. The van der Waals surface area contributed by atoms with Crippen LogP contribution in [0.3, 0.4) is 0 Å². The topological polar surface area (TPSA) is 8.81 Å². The van der Waals surface area contributed by atoms with Crippen molar-refractivity contribution >= 4 is 0 Å². The summed E-state index contributed by atoms with van der Waals surface area (Å²) in [4.78, 5) is 0. The van der Waals surface area contributed by atoms with Crippen LogP contribution < -0.4 is 4.57 Å². The maximum atomic E-state index is 2.48. The van der Waals surface area contributed by atoms with Crippen LogP contribution in [0.4, 0.5) is 0 Å². The fourth-order valence-electron chi connectivity index (χ4n) is 4.63. The van der Waals surface area contributed by atoms with Crippen molar-refractivity contribution in [1.82, 2.24) is 4.57 Å². The molecule has 27 heavy (non-hydrogen) atoms. The van der Waals surface area contributed by atoms with Crippen LogP contribution in [0.2, 0.25) is 0 Å².